The van der Waals surface area contributed by atoms with E-state index in [9.17, 15) is 14.4 Å². The Bertz CT molecular complexity index is 824. The first-order valence-electron chi connectivity index (χ1n) is 9.01. The lowest BCUT2D eigenvalue weighted by atomic mass is 10.0. The molecule has 0 saturated carbocycles. The summed E-state index contributed by atoms with van der Waals surface area (Å²) in [6.07, 6.45) is -0.0369. The minimum Gasteiger partial charge on any atom is -0.457 e. The number of ether oxygens (including phenoxy) is 1. The highest BCUT2D eigenvalue weighted by Crippen LogP contribution is 2.18. The van der Waals surface area contributed by atoms with Gasteiger partial charge in [-0.2, -0.15) is 0 Å². The zero-order valence-electron chi connectivity index (χ0n) is 16.2. The Morgan fingerprint density at radius 1 is 1.15 bits per heavy atom. The molecule has 0 spiro atoms. The highest BCUT2D eigenvalue weighted by Gasteiger charge is 2.20. The molecule has 144 valence electrons. The van der Waals surface area contributed by atoms with Crippen LogP contribution in [0.1, 0.15) is 53.6 Å². The molecule has 1 amide bonds. The molecular formula is C21H26N2O4. The number of aryl methyl sites for hydroxylation is 1. The van der Waals surface area contributed by atoms with Crippen molar-refractivity contribution in [2.45, 2.75) is 46.7 Å². The third-order valence-corrected chi connectivity index (χ3v) is 4.50. The maximum Gasteiger partial charge on any atom is 0.308 e. The van der Waals surface area contributed by atoms with E-state index in [4.69, 9.17) is 4.74 Å². The quantitative estimate of drug-likeness (QED) is 0.572. The molecule has 1 N–H and O–H groups in total. The lowest BCUT2D eigenvalue weighted by Crippen LogP contribution is -2.29. The minimum atomic E-state index is -0.532. The summed E-state index contributed by atoms with van der Waals surface area (Å²) in [5, 5.41) is 2.75. The molecule has 6 nitrogen and oxygen atoms in total. The zero-order chi connectivity index (χ0) is 20.0. The van der Waals surface area contributed by atoms with Gasteiger partial charge in [0.25, 0.3) is 0 Å². The van der Waals surface area contributed by atoms with Gasteiger partial charge >= 0.3 is 5.97 Å². The smallest absolute Gasteiger partial charge is 0.308 e. The van der Waals surface area contributed by atoms with Crippen molar-refractivity contribution in [2.75, 3.05) is 6.61 Å². The SMILES string of the molecule is CCn1c(C)cc(C(=O)COC(=O)C[C@H](NC(C)=O)c2ccccc2)c1C. The molecule has 2 aromatic rings. The number of esters is 1. The van der Waals surface area contributed by atoms with E-state index in [0.717, 1.165) is 23.5 Å². The van der Waals surface area contributed by atoms with Crippen molar-refractivity contribution in [3.05, 3.63) is 58.9 Å². The number of hydrogen-bond donors (Lipinski definition) is 1. The summed E-state index contributed by atoms with van der Waals surface area (Å²) in [6.45, 7) is 7.70. The summed E-state index contributed by atoms with van der Waals surface area (Å²) in [7, 11) is 0. The summed E-state index contributed by atoms with van der Waals surface area (Å²) in [4.78, 5) is 36.1. The van der Waals surface area contributed by atoms with Crippen molar-refractivity contribution < 1.29 is 19.1 Å². The van der Waals surface area contributed by atoms with Gasteiger partial charge in [0.1, 0.15) is 0 Å². The van der Waals surface area contributed by atoms with E-state index in [1.54, 1.807) is 0 Å². The van der Waals surface area contributed by atoms with Crippen LogP contribution in [0.25, 0.3) is 0 Å². The highest BCUT2D eigenvalue weighted by atomic mass is 16.5. The molecule has 6 heteroatoms. The number of hydrogen-bond acceptors (Lipinski definition) is 4. The predicted octanol–water partition coefficient (Wildman–Crippen LogP) is 3.12. The van der Waals surface area contributed by atoms with Crippen molar-refractivity contribution >= 4 is 17.7 Å². The molecule has 0 bridgehead atoms. The molecule has 2 rings (SSSR count). The maximum absolute atomic E-state index is 12.4. The topological polar surface area (TPSA) is 77.4 Å². The monoisotopic (exact) mass is 370 g/mol. The molecule has 0 aliphatic carbocycles. The average Bonchev–Trinajstić information content (AvgIpc) is 2.93. The number of amides is 1. The second kappa shape index (κ2) is 9.16. The molecule has 0 radical (unpaired) electrons. The molecule has 0 aliphatic heterocycles. The molecule has 1 atom stereocenters. The van der Waals surface area contributed by atoms with Crippen LogP contribution in [0.5, 0.6) is 0 Å². The Kier molecular flexibility index (Phi) is 6.93. The van der Waals surface area contributed by atoms with Crippen molar-refractivity contribution in [1.82, 2.24) is 9.88 Å². The summed E-state index contributed by atoms with van der Waals surface area (Å²) < 4.78 is 7.22. The number of Topliss-reactive ketones (excluding diaryl/α,β-unsaturated/α-hetero) is 1. The number of rotatable bonds is 8. The van der Waals surface area contributed by atoms with E-state index >= 15 is 0 Å². The van der Waals surface area contributed by atoms with Crippen LogP contribution in [-0.2, 0) is 20.9 Å². The Morgan fingerprint density at radius 3 is 2.37 bits per heavy atom. The fourth-order valence-electron chi connectivity index (χ4n) is 3.20. The number of benzene rings is 1. The first kappa shape index (κ1) is 20.4. The van der Waals surface area contributed by atoms with E-state index < -0.39 is 12.0 Å². The van der Waals surface area contributed by atoms with Crippen LogP contribution < -0.4 is 5.32 Å². The molecule has 0 fully saturated rings. The van der Waals surface area contributed by atoms with Crippen molar-refractivity contribution in [3.63, 3.8) is 0 Å². The summed E-state index contributed by atoms with van der Waals surface area (Å²) in [6, 6.07) is 10.5. The van der Waals surface area contributed by atoms with Crippen LogP contribution in [0.3, 0.4) is 0 Å². The Morgan fingerprint density at radius 2 is 1.81 bits per heavy atom. The molecule has 27 heavy (non-hydrogen) atoms. The number of ketones is 1. The van der Waals surface area contributed by atoms with Gasteiger partial charge in [-0.05, 0) is 32.4 Å². The summed E-state index contributed by atoms with van der Waals surface area (Å²) >= 11 is 0. The maximum atomic E-state index is 12.4. The van der Waals surface area contributed by atoms with Gasteiger partial charge in [0, 0.05) is 30.4 Å². The van der Waals surface area contributed by atoms with Gasteiger partial charge in [0.15, 0.2) is 6.61 Å². The number of carbonyl (C=O) groups excluding carboxylic acids is 3. The second-order valence-corrected chi connectivity index (χ2v) is 6.48. The fourth-order valence-corrected chi connectivity index (χ4v) is 3.20. The van der Waals surface area contributed by atoms with E-state index in [2.05, 4.69) is 5.32 Å². The van der Waals surface area contributed by atoms with Gasteiger partial charge in [0.2, 0.25) is 11.7 Å². The first-order chi connectivity index (χ1) is 12.8. The molecule has 1 heterocycles. The van der Waals surface area contributed by atoms with Crippen LogP contribution in [0.2, 0.25) is 0 Å². The third-order valence-electron chi connectivity index (χ3n) is 4.50. The molecule has 1 aromatic carbocycles. The summed E-state index contributed by atoms with van der Waals surface area (Å²) in [5.41, 5.74) is 3.25. The van der Waals surface area contributed by atoms with Gasteiger partial charge in [-0.25, -0.2) is 0 Å². The molecule has 1 aromatic heterocycles. The van der Waals surface area contributed by atoms with Crippen molar-refractivity contribution in [3.8, 4) is 0 Å². The van der Waals surface area contributed by atoms with Gasteiger partial charge < -0.3 is 14.6 Å². The minimum absolute atomic E-state index is 0.0369. The average molecular weight is 370 g/mol. The number of aromatic nitrogens is 1. The Labute approximate surface area is 159 Å². The Balaban J connectivity index is 1.99. The predicted molar refractivity (Wildman–Crippen MR) is 102 cm³/mol. The lowest BCUT2D eigenvalue weighted by molar-refractivity contribution is -0.143. The zero-order valence-corrected chi connectivity index (χ0v) is 16.2. The van der Waals surface area contributed by atoms with Crippen LogP contribution in [0.15, 0.2) is 36.4 Å². The van der Waals surface area contributed by atoms with E-state index in [1.807, 2.05) is 61.7 Å². The Hall–Kier alpha value is -2.89. The van der Waals surface area contributed by atoms with Gasteiger partial charge in [-0.1, -0.05) is 30.3 Å². The van der Waals surface area contributed by atoms with E-state index in [1.165, 1.54) is 6.92 Å². The standard InChI is InChI=1S/C21H26N2O4/c1-5-23-14(2)11-18(15(23)3)20(25)13-27-21(26)12-19(22-16(4)24)17-9-7-6-8-10-17/h6-11,19H,5,12-13H2,1-4H3,(H,22,24)/t19-/m0/s1. The normalized spacial score (nSPS) is 11.7. The summed E-state index contributed by atoms with van der Waals surface area (Å²) in [5.74, 6) is -0.998. The van der Waals surface area contributed by atoms with E-state index in [-0.39, 0.29) is 24.7 Å². The van der Waals surface area contributed by atoms with Crippen LogP contribution in [-0.4, -0.2) is 28.8 Å². The molecular weight excluding hydrogens is 344 g/mol. The van der Waals surface area contributed by atoms with Crippen LogP contribution >= 0.6 is 0 Å². The van der Waals surface area contributed by atoms with Crippen molar-refractivity contribution in [1.29, 1.82) is 0 Å². The van der Waals surface area contributed by atoms with Gasteiger partial charge in [-0.15, -0.1) is 0 Å². The number of nitrogens with zero attached hydrogens (tertiary/aromatic N) is 1. The third kappa shape index (κ3) is 5.29. The first-order valence-corrected chi connectivity index (χ1v) is 9.01. The second-order valence-electron chi connectivity index (χ2n) is 6.48. The largest absolute Gasteiger partial charge is 0.457 e. The van der Waals surface area contributed by atoms with Crippen molar-refractivity contribution in [2.24, 2.45) is 0 Å². The number of carbonyl (C=O) groups is 3. The molecule has 0 aliphatic rings. The number of nitrogens with one attached hydrogen (secondary N) is 1. The van der Waals surface area contributed by atoms with Gasteiger partial charge in [0.05, 0.1) is 12.5 Å². The van der Waals surface area contributed by atoms with Crippen LogP contribution in [0.4, 0.5) is 0 Å². The molecule has 0 unspecified atom stereocenters. The fraction of sp³-hybridized carbons (Fsp3) is 0.381. The lowest BCUT2D eigenvalue weighted by Gasteiger charge is -2.17. The van der Waals surface area contributed by atoms with Crippen LogP contribution in [0, 0.1) is 13.8 Å². The highest BCUT2D eigenvalue weighted by molar-refractivity contribution is 5.99. The molecule has 0 saturated heterocycles. The van der Waals surface area contributed by atoms with Gasteiger partial charge in [-0.3, -0.25) is 14.4 Å². The van der Waals surface area contributed by atoms with E-state index in [0.29, 0.717) is 5.56 Å².